The highest BCUT2D eigenvalue weighted by molar-refractivity contribution is 7.99. The maximum absolute atomic E-state index is 12.8. The number of esters is 1. The van der Waals surface area contributed by atoms with Gasteiger partial charge in [-0.3, -0.25) is 0 Å². The second-order valence-corrected chi connectivity index (χ2v) is 8.64. The van der Waals surface area contributed by atoms with Crippen molar-refractivity contribution in [3.05, 3.63) is 52.6 Å². The molecule has 0 atom stereocenters. The summed E-state index contributed by atoms with van der Waals surface area (Å²) in [4.78, 5) is 12.8. The van der Waals surface area contributed by atoms with Crippen LogP contribution in [0.1, 0.15) is 65.2 Å². The quantitative estimate of drug-likeness (QED) is 0.476. The molecule has 0 amide bonds. The van der Waals surface area contributed by atoms with Crippen LogP contribution >= 0.6 is 11.8 Å². The van der Waals surface area contributed by atoms with Gasteiger partial charge in [-0.1, -0.05) is 42.6 Å². The van der Waals surface area contributed by atoms with E-state index in [1.807, 2.05) is 49.9 Å². The number of para-hydroxylation sites is 1. The molecule has 0 N–H and O–H groups in total. The van der Waals surface area contributed by atoms with E-state index >= 15 is 0 Å². The smallest absolute Gasteiger partial charge is 0.374 e. The van der Waals surface area contributed by atoms with E-state index in [9.17, 15) is 4.79 Å². The van der Waals surface area contributed by atoms with Crippen molar-refractivity contribution in [1.82, 2.24) is 5.16 Å². The molecule has 1 aliphatic carbocycles. The summed E-state index contributed by atoms with van der Waals surface area (Å²) in [6.45, 7) is 3.79. The summed E-state index contributed by atoms with van der Waals surface area (Å²) in [5, 5.41) is 5.56. The molecule has 2 heterocycles. The van der Waals surface area contributed by atoms with E-state index in [0.717, 1.165) is 33.5 Å². The largest absolute Gasteiger partial charge is 0.455 e. The van der Waals surface area contributed by atoms with E-state index in [-0.39, 0.29) is 6.61 Å². The van der Waals surface area contributed by atoms with E-state index in [1.165, 1.54) is 32.1 Å². The number of aromatic nitrogens is 1. The third kappa shape index (κ3) is 3.97. The topological polar surface area (TPSA) is 65.5 Å². The van der Waals surface area contributed by atoms with Gasteiger partial charge in [0.2, 0.25) is 5.76 Å². The molecule has 0 aliphatic heterocycles. The highest BCUT2D eigenvalue weighted by Gasteiger charge is 2.24. The lowest BCUT2D eigenvalue weighted by Crippen LogP contribution is -2.10. The molecule has 0 bridgehead atoms. The van der Waals surface area contributed by atoms with Gasteiger partial charge in [-0.15, -0.1) is 0 Å². The summed E-state index contributed by atoms with van der Waals surface area (Å²) in [6.07, 6.45) is 6.45. The van der Waals surface area contributed by atoms with Gasteiger partial charge >= 0.3 is 5.97 Å². The lowest BCUT2D eigenvalue weighted by atomic mass is 10.0. The molecule has 1 saturated carbocycles. The number of fused-ring (bicyclic) bond motifs is 1. The van der Waals surface area contributed by atoms with Crippen molar-refractivity contribution in [3.63, 3.8) is 0 Å². The van der Waals surface area contributed by atoms with Gasteiger partial charge in [0.25, 0.3) is 0 Å². The first-order valence-electron chi connectivity index (χ1n) is 9.84. The van der Waals surface area contributed by atoms with Crippen LogP contribution in [0.2, 0.25) is 0 Å². The molecule has 0 unspecified atom stereocenters. The Hall–Kier alpha value is -2.21. The molecule has 5 nitrogen and oxygen atoms in total. The molecule has 6 heteroatoms. The van der Waals surface area contributed by atoms with Gasteiger partial charge in [0.05, 0.1) is 11.3 Å². The molecule has 0 radical (unpaired) electrons. The van der Waals surface area contributed by atoms with Crippen molar-refractivity contribution in [1.29, 1.82) is 0 Å². The zero-order valence-corrected chi connectivity index (χ0v) is 17.1. The molecule has 1 aliphatic rings. The van der Waals surface area contributed by atoms with Gasteiger partial charge in [0.15, 0.2) is 0 Å². The lowest BCUT2D eigenvalue weighted by Gasteiger charge is -2.20. The fourth-order valence-corrected chi connectivity index (χ4v) is 5.11. The molecule has 0 spiro atoms. The normalized spacial score (nSPS) is 15.2. The predicted molar refractivity (Wildman–Crippen MR) is 109 cm³/mol. The van der Waals surface area contributed by atoms with Crippen LogP contribution in [-0.2, 0) is 17.1 Å². The molecule has 2 aromatic heterocycles. The minimum atomic E-state index is -0.435. The van der Waals surface area contributed by atoms with Crippen LogP contribution in [0.5, 0.6) is 0 Å². The Morgan fingerprint density at radius 3 is 2.71 bits per heavy atom. The van der Waals surface area contributed by atoms with Gasteiger partial charge in [-0.2, -0.15) is 11.8 Å². The standard InChI is InChI=1S/C22H25NO4S/c1-14-18(15(2)27-23-14)12-25-22(24)21-19(13-28-16-8-4-3-5-9-16)17-10-6-7-11-20(17)26-21/h6-7,10-11,16H,3-5,8-9,12-13H2,1-2H3. The van der Waals surface area contributed by atoms with Crippen LogP contribution in [-0.4, -0.2) is 16.4 Å². The summed E-state index contributed by atoms with van der Waals surface area (Å²) in [5.74, 6) is 1.31. The van der Waals surface area contributed by atoms with Crippen molar-refractivity contribution < 1.29 is 18.5 Å². The van der Waals surface area contributed by atoms with E-state index < -0.39 is 5.97 Å². The van der Waals surface area contributed by atoms with Crippen LogP contribution in [0.3, 0.4) is 0 Å². The molecule has 1 aromatic carbocycles. The number of nitrogens with zero attached hydrogens (tertiary/aromatic N) is 1. The van der Waals surface area contributed by atoms with E-state index in [2.05, 4.69) is 5.16 Å². The number of rotatable bonds is 6. The number of carbonyl (C=O) groups is 1. The Kier molecular flexibility index (Phi) is 5.76. The van der Waals surface area contributed by atoms with Crippen LogP contribution in [0.4, 0.5) is 0 Å². The SMILES string of the molecule is Cc1noc(C)c1COC(=O)c1oc2ccccc2c1CSC1CCCCC1. The fourth-order valence-electron chi connectivity index (χ4n) is 3.75. The van der Waals surface area contributed by atoms with Crippen LogP contribution in [0, 0.1) is 13.8 Å². The second kappa shape index (κ2) is 8.43. The second-order valence-electron chi connectivity index (χ2n) is 7.36. The zero-order valence-electron chi connectivity index (χ0n) is 16.3. The Balaban J connectivity index is 1.54. The summed E-state index contributed by atoms with van der Waals surface area (Å²) in [7, 11) is 0. The van der Waals surface area contributed by atoms with Crippen molar-refractivity contribution in [2.24, 2.45) is 0 Å². The first-order chi connectivity index (χ1) is 13.6. The highest BCUT2D eigenvalue weighted by atomic mass is 32.2. The molecule has 4 rings (SSSR count). The molecule has 148 valence electrons. The Labute approximate surface area is 168 Å². The number of benzene rings is 1. The van der Waals surface area contributed by atoms with Gasteiger partial charge in [-0.05, 0) is 32.8 Å². The molecule has 1 fully saturated rings. The minimum absolute atomic E-state index is 0.131. The zero-order chi connectivity index (χ0) is 19.5. The number of thioether (sulfide) groups is 1. The number of aryl methyl sites for hydroxylation is 2. The van der Waals surface area contributed by atoms with Crippen molar-refractivity contribution in [3.8, 4) is 0 Å². The van der Waals surface area contributed by atoms with Crippen LogP contribution in [0.25, 0.3) is 11.0 Å². The summed E-state index contributed by atoms with van der Waals surface area (Å²) in [5.41, 5.74) is 3.21. The van der Waals surface area contributed by atoms with Crippen molar-refractivity contribution >= 4 is 28.7 Å². The number of ether oxygens (including phenoxy) is 1. The Morgan fingerprint density at radius 1 is 1.18 bits per heavy atom. The summed E-state index contributed by atoms with van der Waals surface area (Å²) < 4.78 is 16.6. The maximum Gasteiger partial charge on any atom is 0.374 e. The maximum atomic E-state index is 12.8. The van der Waals surface area contributed by atoms with Crippen molar-refractivity contribution in [2.75, 3.05) is 0 Å². The van der Waals surface area contributed by atoms with Gasteiger partial charge in [-0.25, -0.2) is 4.79 Å². The average Bonchev–Trinajstić information content (AvgIpc) is 3.25. The third-order valence-corrected chi connectivity index (χ3v) is 6.83. The van der Waals surface area contributed by atoms with Crippen LogP contribution < -0.4 is 0 Å². The first-order valence-corrected chi connectivity index (χ1v) is 10.9. The monoisotopic (exact) mass is 399 g/mol. The number of carbonyl (C=O) groups excluding carboxylic acids is 1. The molecular weight excluding hydrogens is 374 g/mol. The van der Waals surface area contributed by atoms with E-state index in [4.69, 9.17) is 13.7 Å². The van der Waals surface area contributed by atoms with E-state index in [1.54, 1.807) is 0 Å². The van der Waals surface area contributed by atoms with Gasteiger partial charge in [0, 0.05) is 22.0 Å². The minimum Gasteiger partial charge on any atom is -0.455 e. The molecule has 0 saturated heterocycles. The molecular formula is C22H25NO4S. The predicted octanol–water partition coefficient (Wildman–Crippen LogP) is 5.96. The average molecular weight is 400 g/mol. The van der Waals surface area contributed by atoms with E-state index in [0.29, 0.717) is 16.8 Å². The first kappa shape index (κ1) is 19.1. The third-order valence-electron chi connectivity index (χ3n) is 5.43. The van der Waals surface area contributed by atoms with Gasteiger partial charge in [0.1, 0.15) is 18.0 Å². The highest BCUT2D eigenvalue weighted by Crippen LogP contribution is 2.35. The summed E-state index contributed by atoms with van der Waals surface area (Å²) in [6, 6.07) is 7.81. The number of furan rings is 1. The molecule has 28 heavy (non-hydrogen) atoms. The Morgan fingerprint density at radius 2 is 1.96 bits per heavy atom. The van der Waals surface area contributed by atoms with Crippen molar-refractivity contribution in [2.45, 2.75) is 63.6 Å². The Bertz CT molecular complexity index is 949. The van der Waals surface area contributed by atoms with Crippen LogP contribution in [0.15, 0.2) is 33.2 Å². The fraction of sp³-hybridized carbons (Fsp3) is 0.455. The lowest BCUT2D eigenvalue weighted by molar-refractivity contribution is 0.0435. The summed E-state index contributed by atoms with van der Waals surface area (Å²) >= 11 is 1.93. The van der Waals surface area contributed by atoms with Gasteiger partial charge < -0.3 is 13.7 Å². The molecule has 3 aromatic rings. The number of hydrogen-bond donors (Lipinski definition) is 0. The number of hydrogen-bond acceptors (Lipinski definition) is 6.